The van der Waals surface area contributed by atoms with Gasteiger partial charge in [-0.15, -0.1) is 0 Å². The summed E-state index contributed by atoms with van der Waals surface area (Å²) >= 11 is 0. The summed E-state index contributed by atoms with van der Waals surface area (Å²) in [5, 5.41) is 0. The van der Waals surface area contributed by atoms with Crippen LogP contribution in [0.2, 0.25) is 0 Å². The van der Waals surface area contributed by atoms with Crippen molar-refractivity contribution in [1.82, 2.24) is 29.9 Å². The fourth-order valence-corrected chi connectivity index (χ4v) is 0.771. The van der Waals surface area contributed by atoms with Crippen LogP contribution in [0.5, 0.6) is 0 Å². The zero-order chi connectivity index (χ0) is 32.2. The van der Waals surface area contributed by atoms with Crippen LogP contribution >= 0.6 is 0 Å². The van der Waals surface area contributed by atoms with E-state index in [1.54, 1.807) is 30.9 Å². The number of aromatic nitrogens is 6. The van der Waals surface area contributed by atoms with Gasteiger partial charge in [0.1, 0.15) is 25.3 Å². The van der Waals surface area contributed by atoms with Crippen molar-refractivity contribution in [1.29, 1.82) is 0 Å². The van der Waals surface area contributed by atoms with Gasteiger partial charge in [-0.05, 0) is 34.4 Å². The van der Waals surface area contributed by atoms with Gasteiger partial charge in [-0.2, -0.15) is 0 Å². The van der Waals surface area contributed by atoms with Crippen molar-refractivity contribution in [2.45, 2.75) is 125 Å². The SMILES string of the molecule is CC.CC.CC.CC(C)(C)C.CC(C)(C)C.CC(C)(C)C.c1ccncc1.c1cncnc1.c1ncncn1. The van der Waals surface area contributed by atoms with Crippen LogP contribution in [0.15, 0.2) is 74.4 Å². The Bertz CT molecular complexity index is 501. The zero-order valence-electron chi connectivity index (χ0n) is 29.1. The lowest BCUT2D eigenvalue weighted by molar-refractivity contribution is 0.469. The number of hydrogen-bond donors (Lipinski definition) is 0. The van der Waals surface area contributed by atoms with Crippen molar-refractivity contribution < 1.29 is 0 Å². The molecule has 0 saturated heterocycles. The van der Waals surface area contributed by atoms with Crippen LogP contribution in [0.3, 0.4) is 0 Å². The lowest BCUT2D eigenvalue weighted by Gasteiger charge is -2.05. The predicted octanol–water partition coefficient (Wildman–Crippen LogP) is 10.7. The first-order valence-corrected chi connectivity index (χ1v) is 14.1. The average Bonchev–Trinajstić information content (AvgIpc) is 2.89. The van der Waals surface area contributed by atoms with E-state index >= 15 is 0 Å². The summed E-state index contributed by atoms with van der Waals surface area (Å²) in [6.07, 6.45) is 12.7. The van der Waals surface area contributed by atoms with Crippen LogP contribution in [0.1, 0.15) is 125 Å². The molecule has 0 N–H and O–H groups in total. The first-order chi connectivity index (χ1) is 18.0. The monoisotopic (exact) mass is 547 g/mol. The Hall–Kier alpha value is -2.76. The maximum absolute atomic E-state index is 3.78. The van der Waals surface area contributed by atoms with Crippen LogP contribution in [-0.4, -0.2) is 29.9 Å². The summed E-state index contributed by atoms with van der Waals surface area (Å²) in [7, 11) is 0. The molecule has 0 aliphatic heterocycles. The molecule has 0 spiro atoms. The van der Waals surface area contributed by atoms with Gasteiger partial charge in [-0.25, -0.2) is 24.9 Å². The minimum Gasteiger partial charge on any atom is -0.265 e. The maximum Gasteiger partial charge on any atom is 0.119 e. The van der Waals surface area contributed by atoms with Gasteiger partial charge in [0.25, 0.3) is 0 Å². The Morgan fingerprint density at radius 1 is 0.282 bits per heavy atom. The van der Waals surface area contributed by atoms with Gasteiger partial charge in [0, 0.05) is 24.8 Å². The highest BCUT2D eigenvalue weighted by atomic mass is 14.9. The molecule has 3 aromatic rings. The molecule has 3 aromatic heterocycles. The molecule has 0 aliphatic rings. The molecule has 0 bridgehead atoms. The van der Waals surface area contributed by atoms with Gasteiger partial charge in [0.2, 0.25) is 0 Å². The number of nitrogens with zero attached hydrogens (tertiary/aromatic N) is 6. The average molecular weight is 547 g/mol. The third-order valence-corrected chi connectivity index (χ3v) is 1.44. The van der Waals surface area contributed by atoms with Crippen LogP contribution in [0, 0.1) is 16.2 Å². The van der Waals surface area contributed by atoms with E-state index in [1.807, 2.05) is 59.7 Å². The van der Waals surface area contributed by atoms with Gasteiger partial charge in [-0.3, -0.25) is 4.98 Å². The molecule has 3 heterocycles. The van der Waals surface area contributed by atoms with Gasteiger partial charge in [0.05, 0.1) is 0 Å². The Kier molecular flexibility index (Phi) is 47.2. The molecule has 0 saturated carbocycles. The number of hydrogen-bond acceptors (Lipinski definition) is 6. The topological polar surface area (TPSA) is 77.3 Å². The lowest BCUT2D eigenvalue weighted by Crippen LogP contribution is -1.93. The smallest absolute Gasteiger partial charge is 0.119 e. The summed E-state index contributed by atoms with van der Waals surface area (Å²) in [6, 6.07) is 7.49. The molecule has 0 fully saturated rings. The first-order valence-electron chi connectivity index (χ1n) is 14.1. The largest absolute Gasteiger partial charge is 0.265 e. The molecule has 0 radical (unpaired) electrons. The number of pyridine rings is 1. The summed E-state index contributed by atoms with van der Waals surface area (Å²) in [6.45, 7) is 38.2. The second kappa shape index (κ2) is 37.4. The summed E-state index contributed by atoms with van der Waals surface area (Å²) < 4.78 is 0. The van der Waals surface area contributed by atoms with E-state index in [4.69, 9.17) is 0 Å². The Balaban J connectivity index is -0.0000000808. The summed E-state index contributed by atoms with van der Waals surface area (Å²) in [5.41, 5.74) is 1.50. The fraction of sp³-hybridized carbons (Fsp3) is 0.636. The van der Waals surface area contributed by atoms with Crippen LogP contribution < -0.4 is 0 Å². The van der Waals surface area contributed by atoms with Gasteiger partial charge >= 0.3 is 0 Å². The minimum atomic E-state index is 0.500. The molecule has 6 nitrogen and oxygen atoms in total. The van der Waals surface area contributed by atoms with Crippen molar-refractivity contribution in [2.24, 2.45) is 16.2 Å². The van der Waals surface area contributed by atoms with Gasteiger partial charge < -0.3 is 0 Å². The normalized spacial score (nSPS) is 8.77. The van der Waals surface area contributed by atoms with Crippen LogP contribution in [0.25, 0.3) is 0 Å². The van der Waals surface area contributed by atoms with Crippen LogP contribution in [0.4, 0.5) is 0 Å². The van der Waals surface area contributed by atoms with E-state index in [9.17, 15) is 0 Å². The molecule has 0 amide bonds. The minimum absolute atomic E-state index is 0.500. The summed E-state index contributed by atoms with van der Waals surface area (Å²) in [5.74, 6) is 0. The van der Waals surface area contributed by atoms with Crippen molar-refractivity contribution in [3.63, 3.8) is 0 Å². The molecule has 228 valence electrons. The molecule has 39 heavy (non-hydrogen) atoms. The predicted molar refractivity (Wildman–Crippen MR) is 176 cm³/mol. The third-order valence-electron chi connectivity index (χ3n) is 1.44. The second-order valence-corrected chi connectivity index (χ2v) is 11.7. The molecule has 0 aromatic carbocycles. The van der Waals surface area contributed by atoms with Crippen molar-refractivity contribution >= 4 is 0 Å². The molecule has 6 heteroatoms. The zero-order valence-corrected chi connectivity index (χ0v) is 29.1. The van der Waals surface area contributed by atoms with E-state index in [1.165, 1.54) is 25.3 Å². The molecular weight excluding hydrogens is 480 g/mol. The Morgan fingerprint density at radius 3 is 0.564 bits per heavy atom. The lowest BCUT2D eigenvalue weighted by atomic mass is 10.0. The highest BCUT2D eigenvalue weighted by Crippen LogP contribution is 2.08. The number of rotatable bonds is 0. The summed E-state index contributed by atoms with van der Waals surface area (Å²) in [4.78, 5) is 21.8. The standard InChI is InChI=1S/C5H5N.3C5H12.C4H4N2.C3H3N3.3C2H6/c1-2-4-6-5-3-1;3*1-5(2,3)4;1-2-5-4-6-3-1;1-4-2-6-3-5-1;3*1-2/h1-5H;3*1-4H3;1-4H;1-3H;3*1-2H3. The first kappa shape index (κ1) is 49.2. The maximum atomic E-state index is 3.78. The fourth-order valence-electron chi connectivity index (χ4n) is 0.771. The highest BCUT2D eigenvalue weighted by Gasteiger charge is 1.96. The van der Waals surface area contributed by atoms with Crippen molar-refractivity contribution in [3.8, 4) is 0 Å². The van der Waals surface area contributed by atoms with Crippen molar-refractivity contribution in [3.05, 3.63) is 74.4 Å². The second-order valence-electron chi connectivity index (χ2n) is 11.7. The van der Waals surface area contributed by atoms with Gasteiger partial charge in [-0.1, -0.05) is 131 Å². The Morgan fingerprint density at radius 2 is 0.487 bits per heavy atom. The molecular formula is C33H66N6. The molecule has 0 atom stereocenters. The van der Waals surface area contributed by atoms with E-state index < -0.39 is 0 Å². The molecule has 0 aliphatic carbocycles. The quantitative estimate of drug-likeness (QED) is 0.279. The van der Waals surface area contributed by atoms with E-state index in [2.05, 4.69) is 113 Å². The Labute approximate surface area is 245 Å². The van der Waals surface area contributed by atoms with E-state index in [0.29, 0.717) is 16.2 Å². The highest BCUT2D eigenvalue weighted by molar-refractivity contribution is 4.88. The van der Waals surface area contributed by atoms with E-state index in [0.717, 1.165) is 0 Å². The van der Waals surface area contributed by atoms with Gasteiger partial charge in [0.15, 0.2) is 0 Å². The van der Waals surface area contributed by atoms with Crippen molar-refractivity contribution in [2.75, 3.05) is 0 Å². The van der Waals surface area contributed by atoms with Crippen LogP contribution in [-0.2, 0) is 0 Å². The molecule has 0 unspecified atom stereocenters. The molecule has 3 rings (SSSR count). The van der Waals surface area contributed by atoms with E-state index in [-0.39, 0.29) is 0 Å². The third kappa shape index (κ3) is 168.